The van der Waals surface area contributed by atoms with Crippen molar-refractivity contribution in [3.8, 4) is 0 Å². The van der Waals surface area contributed by atoms with E-state index in [2.05, 4.69) is 10.2 Å². The lowest BCUT2D eigenvalue weighted by atomic mass is 10.0. The fraction of sp³-hybridized carbons (Fsp3) is 0.619. The Hall–Kier alpha value is -1.92. The van der Waals surface area contributed by atoms with Gasteiger partial charge in [-0.05, 0) is 36.8 Å². The largest absolute Gasteiger partial charge is 0.381 e. The normalized spacial score (nSPS) is 26.2. The lowest BCUT2D eigenvalue weighted by molar-refractivity contribution is -0.126. The number of benzene rings is 1. The van der Waals surface area contributed by atoms with Crippen molar-refractivity contribution in [1.29, 1.82) is 0 Å². The number of fused-ring (bicyclic) bond motifs is 1. The summed E-state index contributed by atoms with van der Waals surface area (Å²) in [5.74, 6) is 0.565. The minimum Gasteiger partial charge on any atom is -0.381 e. The molecule has 146 valence electrons. The van der Waals surface area contributed by atoms with E-state index in [9.17, 15) is 9.59 Å². The summed E-state index contributed by atoms with van der Waals surface area (Å²) in [7, 11) is 0. The van der Waals surface area contributed by atoms with Crippen molar-refractivity contribution in [1.82, 2.24) is 10.2 Å². The first-order chi connectivity index (χ1) is 13.1. The Morgan fingerprint density at radius 1 is 1.19 bits per heavy atom. The third-order valence-electron chi connectivity index (χ3n) is 6.09. The molecule has 3 aliphatic heterocycles. The van der Waals surface area contributed by atoms with Gasteiger partial charge in [0.05, 0.1) is 6.61 Å². The Morgan fingerprint density at radius 2 is 1.96 bits per heavy atom. The number of piperidine rings is 1. The molecular weight excluding hydrogens is 342 g/mol. The van der Waals surface area contributed by atoms with Crippen LogP contribution in [0.25, 0.3) is 0 Å². The molecule has 1 unspecified atom stereocenters. The van der Waals surface area contributed by atoms with E-state index in [1.165, 1.54) is 13.3 Å². The third kappa shape index (κ3) is 4.01. The minimum atomic E-state index is -0.423. The molecule has 1 N–H and O–H groups in total. The van der Waals surface area contributed by atoms with Crippen LogP contribution in [0.1, 0.15) is 31.7 Å². The highest BCUT2D eigenvalue weighted by Crippen LogP contribution is 2.32. The van der Waals surface area contributed by atoms with Gasteiger partial charge in [-0.1, -0.05) is 18.2 Å². The molecule has 0 spiro atoms. The van der Waals surface area contributed by atoms with Crippen LogP contribution in [0, 0.1) is 5.92 Å². The summed E-state index contributed by atoms with van der Waals surface area (Å²) in [5, 5.41) is 3.21. The Kier molecular flexibility index (Phi) is 5.45. The molecule has 1 aromatic rings. The highest BCUT2D eigenvalue weighted by Gasteiger charge is 2.37. The summed E-state index contributed by atoms with van der Waals surface area (Å²) < 4.78 is 5.47. The van der Waals surface area contributed by atoms with Crippen molar-refractivity contribution in [3.63, 3.8) is 0 Å². The Balaban J connectivity index is 1.31. The molecule has 6 nitrogen and oxygen atoms in total. The minimum absolute atomic E-state index is 0.0240. The molecule has 0 aromatic heterocycles. The molecule has 27 heavy (non-hydrogen) atoms. The maximum Gasteiger partial charge on any atom is 0.243 e. The Bertz CT molecular complexity index is 694. The Labute approximate surface area is 160 Å². The molecule has 0 bridgehead atoms. The van der Waals surface area contributed by atoms with Crippen molar-refractivity contribution in [2.75, 3.05) is 37.7 Å². The number of nitrogens with one attached hydrogen (secondary N) is 1. The van der Waals surface area contributed by atoms with E-state index >= 15 is 0 Å². The van der Waals surface area contributed by atoms with Crippen molar-refractivity contribution < 1.29 is 14.3 Å². The third-order valence-corrected chi connectivity index (χ3v) is 6.09. The molecule has 0 aliphatic carbocycles. The number of hydrogen-bond donors (Lipinski definition) is 1. The second-order valence-corrected chi connectivity index (χ2v) is 8.05. The first-order valence-electron chi connectivity index (χ1n) is 10.1. The average molecular weight is 371 g/mol. The highest BCUT2D eigenvalue weighted by molar-refractivity contribution is 6.02. The molecule has 3 aliphatic rings. The summed E-state index contributed by atoms with van der Waals surface area (Å²) in [6, 6.07) is 7.58. The van der Waals surface area contributed by atoms with Crippen LogP contribution in [0.4, 0.5) is 5.69 Å². The lowest BCUT2D eigenvalue weighted by Gasteiger charge is -2.34. The van der Waals surface area contributed by atoms with E-state index in [1.807, 2.05) is 24.3 Å². The number of amides is 2. The first-order valence-corrected chi connectivity index (χ1v) is 10.1. The summed E-state index contributed by atoms with van der Waals surface area (Å²) >= 11 is 0. The molecule has 2 amide bonds. The van der Waals surface area contributed by atoms with Crippen LogP contribution in [0.3, 0.4) is 0 Å². The number of likely N-dealkylation sites (tertiary alicyclic amines) is 1. The molecule has 1 aromatic carbocycles. The van der Waals surface area contributed by atoms with E-state index < -0.39 is 6.04 Å². The standard InChI is InChI=1S/C21H29N3O3/c1-15(25)24-19-5-3-2-4-17(19)12-20(24)21(26)22-18-6-9-23(10-7-18)13-16-8-11-27-14-16/h2-5,16,18,20H,6-14H2,1H3,(H,22,26)/t16?,20-/m0/s1. The zero-order valence-electron chi connectivity index (χ0n) is 16.0. The predicted molar refractivity (Wildman–Crippen MR) is 104 cm³/mol. The maximum atomic E-state index is 12.9. The second kappa shape index (κ2) is 7.98. The first kappa shape index (κ1) is 18.4. The van der Waals surface area contributed by atoms with Crippen LogP contribution < -0.4 is 10.2 Å². The SMILES string of the molecule is CC(=O)N1c2ccccc2C[C@H]1C(=O)NC1CCN(CC2CCOC2)CC1. The summed E-state index contributed by atoms with van der Waals surface area (Å²) in [5.41, 5.74) is 1.94. The summed E-state index contributed by atoms with van der Waals surface area (Å²) in [6.45, 7) is 6.46. The second-order valence-electron chi connectivity index (χ2n) is 8.05. The number of hydrogen-bond acceptors (Lipinski definition) is 4. The molecule has 4 rings (SSSR count). The van der Waals surface area contributed by atoms with Gasteiger partial charge in [0, 0.05) is 51.3 Å². The van der Waals surface area contributed by atoms with Gasteiger partial charge in [0.25, 0.3) is 0 Å². The molecule has 0 radical (unpaired) electrons. The van der Waals surface area contributed by atoms with Gasteiger partial charge in [-0.15, -0.1) is 0 Å². The predicted octanol–water partition coefficient (Wildman–Crippen LogP) is 1.58. The van der Waals surface area contributed by atoms with Crippen LogP contribution in [0.15, 0.2) is 24.3 Å². The number of carbonyl (C=O) groups excluding carboxylic acids is 2. The van der Waals surface area contributed by atoms with Gasteiger partial charge in [0.15, 0.2) is 0 Å². The molecule has 3 heterocycles. The van der Waals surface area contributed by atoms with Crippen LogP contribution in [0.5, 0.6) is 0 Å². The molecule has 6 heteroatoms. The van der Waals surface area contributed by atoms with Crippen LogP contribution >= 0.6 is 0 Å². The molecule has 2 fully saturated rings. The van der Waals surface area contributed by atoms with Crippen LogP contribution in [-0.4, -0.2) is 61.6 Å². The fourth-order valence-electron chi connectivity index (χ4n) is 4.63. The van der Waals surface area contributed by atoms with Crippen LogP contribution in [0.2, 0.25) is 0 Å². The van der Waals surface area contributed by atoms with Gasteiger partial charge < -0.3 is 15.0 Å². The molecule has 0 saturated carbocycles. The van der Waals surface area contributed by atoms with Crippen molar-refractivity contribution >= 4 is 17.5 Å². The average Bonchev–Trinajstić information content (AvgIpc) is 3.30. The number of para-hydroxylation sites is 1. The van der Waals surface area contributed by atoms with Gasteiger partial charge in [-0.25, -0.2) is 0 Å². The van der Waals surface area contributed by atoms with Crippen LogP contribution in [-0.2, 0) is 20.7 Å². The van der Waals surface area contributed by atoms with E-state index in [1.54, 1.807) is 4.90 Å². The molecular formula is C21H29N3O3. The lowest BCUT2D eigenvalue weighted by Crippen LogP contribution is -2.52. The highest BCUT2D eigenvalue weighted by atomic mass is 16.5. The van der Waals surface area contributed by atoms with E-state index in [-0.39, 0.29) is 17.9 Å². The number of ether oxygens (including phenoxy) is 1. The topological polar surface area (TPSA) is 61.9 Å². The van der Waals surface area contributed by atoms with Gasteiger partial charge >= 0.3 is 0 Å². The van der Waals surface area contributed by atoms with E-state index in [0.717, 1.165) is 56.9 Å². The number of nitrogens with zero attached hydrogens (tertiary/aromatic N) is 2. The number of anilines is 1. The quantitative estimate of drug-likeness (QED) is 0.873. The van der Waals surface area contributed by atoms with E-state index in [4.69, 9.17) is 4.74 Å². The van der Waals surface area contributed by atoms with Gasteiger partial charge in [0.1, 0.15) is 6.04 Å². The zero-order chi connectivity index (χ0) is 18.8. The summed E-state index contributed by atoms with van der Waals surface area (Å²) in [4.78, 5) is 29.2. The number of carbonyl (C=O) groups is 2. The Morgan fingerprint density at radius 3 is 2.67 bits per heavy atom. The summed E-state index contributed by atoms with van der Waals surface area (Å²) in [6.07, 6.45) is 3.71. The van der Waals surface area contributed by atoms with Crippen molar-refractivity contribution in [2.45, 2.75) is 44.7 Å². The number of rotatable bonds is 4. The molecule has 2 saturated heterocycles. The van der Waals surface area contributed by atoms with Crippen molar-refractivity contribution in [2.24, 2.45) is 5.92 Å². The van der Waals surface area contributed by atoms with Gasteiger partial charge in [-0.3, -0.25) is 14.5 Å². The van der Waals surface area contributed by atoms with Gasteiger partial charge in [0.2, 0.25) is 11.8 Å². The van der Waals surface area contributed by atoms with E-state index in [0.29, 0.717) is 12.3 Å². The smallest absolute Gasteiger partial charge is 0.243 e. The van der Waals surface area contributed by atoms with Crippen molar-refractivity contribution in [3.05, 3.63) is 29.8 Å². The monoisotopic (exact) mass is 371 g/mol. The zero-order valence-corrected chi connectivity index (χ0v) is 16.0. The molecule has 2 atom stereocenters. The maximum absolute atomic E-state index is 12.9. The van der Waals surface area contributed by atoms with Gasteiger partial charge in [-0.2, -0.15) is 0 Å². The fourth-order valence-corrected chi connectivity index (χ4v) is 4.63.